The Labute approximate surface area is 208 Å². The number of ether oxygens (including phenoxy) is 2. The van der Waals surface area contributed by atoms with Crippen molar-refractivity contribution in [2.75, 3.05) is 13.2 Å². The normalized spacial score (nSPS) is 17.7. The third-order valence-corrected chi connectivity index (χ3v) is 8.27. The molecule has 0 saturated heterocycles. The first-order chi connectivity index (χ1) is 17.8. The van der Waals surface area contributed by atoms with Crippen LogP contribution in [-0.4, -0.2) is 13.2 Å². The van der Waals surface area contributed by atoms with Gasteiger partial charge in [0.1, 0.15) is 11.5 Å². The van der Waals surface area contributed by atoms with E-state index in [9.17, 15) is 0 Å². The van der Waals surface area contributed by atoms with Gasteiger partial charge in [0.15, 0.2) is 0 Å². The summed E-state index contributed by atoms with van der Waals surface area (Å²) in [6, 6.07) is 31.5. The molecule has 0 N–H and O–H groups in total. The van der Waals surface area contributed by atoms with Crippen LogP contribution in [0.15, 0.2) is 84.9 Å². The topological polar surface area (TPSA) is 18.5 Å². The van der Waals surface area contributed by atoms with Crippen molar-refractivity contribution in [1.29, 1.82) is 0 Å². The lowest BCUT2D eigenvalue weighted by molar-refractivity contribution is 0.267. The molecule has 0 spiro atoms. The molecule has 36 heavy (non-hydrogen) atoms. The lowest BCUT2D eigenvalue weighted by Crippen LogP contribution is -2.03. The molecule has 9 rings (SSSR count). The molecule has 0 atom stereocenters. The highest BCUT2D eigenvalue weighted by atomic mass is 16.5. The zero-order valence-corrected chi connectivity index (χ0v) is 19.7. The van der Waals surface area contributed by atoms with E-state index in [-0.39, 0.29) is 0 Å². The van der Waals surface area contributed by atoms with Crippen molar-refractivity contribution in [2.24, 2.45) is 0 Å². The molecule has 1 heterocycles. The van der Waals surface area contributed by atoms with Crippen molar-refractivity contribution in [3.05, 3.63) is 107 Å². The second kappa shape index (κ2) is 6.67. The second-order valence-electron chi connectivity index (χ2n) is 10.2. The average Bonchev–Trinajstić information content (AvgIpc) is 3.41. The van der Waals surface area contributed by atoms with Crippen LogP contribution in [0.1, 0.15) is 35.1 Å². The zero-order valence-electron chi connectivity index (χ0n) is 19.7. The summed E-state index contributed by atoms with van der Waals surface area (Å²) >= 11 is 0. The third-order valence-electron chi connectivity index (χ3n) is 8.27. The molecule has 4 bridgehead atoms. The molecule has 6 aromatic carbocycles. The molecular formula is C34H22O2. The Hall–Kier alpha value is -4.30. The quantitative estimate of drug-likeness (QED) is 0.210. The maximum Gasteiger partial charge on any atom is 0.120 e. The summed E-state index contributed by atoms with van der Waals surface area (Å²) in [7, 11) is 0. The molecule has 1 aliphatic heterocycles. The van der Waals surface area contributed by atoms with Crippen LogP contribution in [-0.2, 0) is 0 Å². The van der Waals surface area contributed by atoms with Gasteiger partial charge in [-0.3, -0.25) is 0 Å². The molecule has 0 radical (unpaired) electrons. The van der Waals surface area contributed by atoms with Crippen molar-refractivity contribution in [2.45, 2.75) is 12.8 Å². The summed E-state index contributed by atoms with van der Waals surface area (Å²) in [5.74, 6) is 1.90. The molecular weight excluding hydrogens is 440 g/mol. The molecule has 2 aliphatic carbocycles. The summed E-state index contributed by atoms with van der Waals surface area (Å²) in [4.78, 5) is 0. The molecule has 0 fully saturated rings. The van der Waals surface area contributed by atoms with Crippen molar-refractivity contribution in [1.82, 2.24) is 0 Å². The minimum Gasteiger partial charge on any atom is -0.494 e. The van der Waals surface area contributed by atoms with E-state index in [1.54, 1.807) is 0 Å². The highest BCUT2D eigenvalue weighted by Gasteiger charge is 2.32. The molecule has 0 amide bonds. The molecule has 3 aliphatic rings. The Balaban J connectivity index is 1.52. The van der Waals surface area contributed by atoms with Crippen molar-refractivity contribution in [3.63, 3.8) is 0 Å². The summed E-state index contributed by atoms with van der Waals surface area (Å²) < 4.78 is 12.6. The van der Waals surface area contributed by atoms with Gasteiger partial charge in [-0.05, 0) is 114 Å². The molecule has 2 nitrogen and oxygen atoms in total. The van der Waals surface area contributed by atoms with Gasteiger partial charge in [0, 0.05) is 0 Å². The number of rotatable bonds is 0. The van der Waals surface area contributed by atoms with Crippen molar-refractivity contribution in [3.8, 4) is 11.5 Å². The van der Waals surface area contributed by atoms with Crippen LogP contribution in [0.2, 0.25) is 0 Å². The summed E-state index contributed by atoms with van der Waals surface area (Å²) in [5.41, 5.74) is 7.83. The third kappa shape index (κ3) is 2.32. The van der Waals surface area contributed by atoms with Crippen molar-refractivity contribution < 1.29 is 9.47 Å². The van der Waals surface area contributed by atoms with Crippen LogP contribution in [0, 0.1) is 0 Å². The summed E-state index contributed by atoms with van der Waals surface area (Å²) in [5, 5.41) is 10.5. The van der Waals surface area contributed by atoms with Crippen LogP contribution < -0.4 is 9.47 Å². The maximum absolute atomic E-state index is 6.31. The molecule has 2 heteroatoms. The van der Waals surface area contributed by atoms with Gasteiger partial charge in [-0.15, -0.1) is 0 Å². The first-order valence-electron chi connectivity index (χ1n) is 12.9. The van der Waals surface area contributed by atoms with Crippen LogP contribution in [0.5, 0.6) is 11.5 Å². The van der Waals surface area contributed by atoms with E-state index < -0.39 is 0 Å². The van der Waals surface area contributed by atoms with E-state index in [4.69, 9.17) is 9.47 Å². The maximum atomic E-state index is 6.31. The second-order valence-corrected chi connectivity index (χ2v) is 10.2. The van der Waals surface area contributed by atoms with Gasteiger partial charge in [-0.1, -0.05) is 60.7 Å². The van der Waals surface area contributed by atoms with Gasteiger partial charge in [0.05, 0.1) is 13.2 Å². The van der Waals surface area contributed by atoms with E-state index in [1.807, 2.05) is 0 Å². The lowest BCUT2D eigenvalue weighted by Gasteiger charge is -2.16. The predicted molar refractivity (Wildman–Crippen MR) is 148 cm³/mol. The fraction of sp³-hybridized carbons (Fsp3) is 0.118. The molecule has 170 valence electrons. The van der Waals surface area contributed by atoms with Gasteiger partial charge in [0.25, 0.3) is 0 Å². The van der Waals surface area contributed by atoms with E-state index in [0.717, 1.165) is 24.3 Å². The van der Waals surface area contributed by atoms with Gasteiger partial charge >= 0.3 is 0 Å². The average molecular weight is 463 g/mol. The van der Waals surface area contributed by atoms with E-state index >= 15 is 0 Å². The Kier molecular flexibility index (Phi) is 3.51. The smallest absolute Gasteiger partial charge is 0.120 e. The minimum atomic E-state index is 0.694. The fourth-order valence-electron chi connectivity index (χ4n) is 6.82. The molecule has 0 saturated carbocycles. The highest BCUT2D eigenvalue weighted by Crippen LogP contribution is 2.55. The van der Waals surface area contributed by atoms with Crippen LogP contribution in [0.25, 0.3) is 54.2 Å². The Morgan fingerprint density at radius 3 is 1.36 bits per heavy atom. The Bertz CT molecular complexity index is 1850. The van der Waals surface area contributed by atoms with Gasteiger partial charge in [-0.25, -0.2) is 0 Å². The lowest BCUT2D eigenvalue weighted by atomic mass is 9.90. The molecule has 6 aromatic rings. The number of hydrogen-bond donors (Lipinski definition) is 0. The van der Waals surface area contributed by atoms with Crippen LogP contribution in [0.4, 0.5) is 0 Å². The first-order valence-corrected chi connectivity index (χ1v) is 12.9. The van der Waals surface area contributed by atoms with Gasteiger partial charge in [-0.2, -0.15) is 0 Å². The summed E-state index contributed by atoms with van der Waals surface area (Å²) in [6.45, 7) is 1.39. The summed E-state index contributed by atoms with van der Waals surface area (Å²) in [6.07, 6.45) is 1.93. The van der Waals surface area contributed by atoms with Gasteiger partial charge in [0.2, 0.25) is 0 Å². The number of fused-ring (bicyclic) bond motifs is 4. The first kappa shape index (κ1) is 19.0. The largest absolute Gasteiger partial charge is 0.494 e. The highest BCUT2D eigenvalue weighted by molar-refractivity contribution is 6.33. The van der Waals surface area contributed by atoms with Crippen molar-refractivity contribution >= 4 is 54.2 Å². The zero-order chi connectivity index (χ0) is 23.4. The monoisotopic (exact) mass is 462 g/mol. The molecule has 0 unspecified atom stereocenters. The Morgan fingerprint density at radius 1 is 0.417 bits per heavy atom. The van der Waals surface area contributed by atoms with E-state index in [2.05, 4.69) is 84.9 Å². The predicted octanol–water partition coefficient (Wildman–Crippen LogP) is 8.49. The minimum absolute atomic E-state index is 0.694. The van der Waals surface area contributed by atoms with Crippen LogP contribution >= 0.6 is 0 Å². The standard InChI is InChI=1S/C34H22O2/c1-2-14-36-24-16-22-12-10-20-6-4-8-26-30(20)32(22)28(18-24)34(26)33-25-7-3-5-19-9-11-21-15-23(35-13-1)17-27(33)31(21)29(19)25/h3-12,15-18H,1-2,13-14H2/b34-33+. The Morgan fingerprint density at radius 2 is 0.861 bits per heavy atom. The van der Waals surface area contributed by atoms with E-state index in [0.29, 0.717) is 13.2 Å². The molecule has 0 aromatic heterocycles. The number of hydrogen-bond acceptors (Lipinski definition) is 2. The SMILES string of the molecule is c1cc2c3c(c1)ccc1cc4cc(c13)/C2=C1\c2cccc3ccc5cc(cc1c5c23)OCCCCO4. The van der Waals surface area contributed by atoms with Gasteiger partial charge < -0.3 is 9.47 Å². The number of benzene rings is 6. The van der Waals surface area contributed by atoms with E-state index in [1.165, 1.54) is 76.5 Å². The fourth-order valence-corrected chi connectivity index (χ4v) is 6.82. The van der Waals surface area contributed by atoms with Crippen LogP contribution in [0.3, 0.4) is 0 Å².